The van der Waals surface area contributed by atoms with E-state index in [1.54, 1.807) is 6.26 Å². The second-order valence-corrected chi connectivity index (χ2v) is 6.33. The summed E-state index contributed by atoms with van der Waals surface area (Å²) in [5.74, 6) is 1.97. The fourth-order valence-electron chi connectivity index (χ4n) is 2.84. The third-order valence-corrected chi connectivity index (χ3v) is 4.08. The SMILES string of the molecule is CCCNC(c1ccc2c(c1)C(C)(C)CO2)c1ccco1. The van der Waals surface area contributed by atoms with E-state index in [2.05, 4.69) is 44.3 Å². The Hall–Kier alpha value is -1.74. The number of fused-ring (bicyclic) bond motifs is 1. The van der Waals surface area contributed by atoms with Crippen LogP contribution in [-0.2, 0) is 5.41 Å². The van der Waals surface area contributed by atoms with Gasteiger partial charge in [0.15, 0.2) is 0 Å². The van der Waals surface area contributed by atoms with E-state index in [9.17, 15) is 0 Å². The highest BCUT2D eigenvalue weighted by atomic mass is 16.5. The molecule has 2 aromatic rings. The van der Waals surface area contributed by atoms with Crippen molar-refractivity contribution in [2.24, 2.45) is 0 Å². The first kappa shape index (κ1) is 14.2. The van der Waals surface area contributed by atoms with Gasteiger partial charge in [0.1, 0.15) is 11.5 Å². The Morgan fingerprint density at radius 1 is 1.29 bits per heavy atom. The standard InChI is InChI=1S/C18H23NO2/c1-4-9-19-17(16-6-5-10-20-16)13-7-8-15-14(11-13)18(2,3)12-21-15/h5-8,10-11,17,19H,4,9,12H2,1-3H3. The molecule has 1 unspecified atom stereocenters. The molecule has 3 nitrogen and oxygen atoms in total. The molecule has 1 aromatic heterocycles. The maximum atomic E-state index is 5.78. The lowest BCUT2D eigenvalue weighted by Gasteiger charge is -2.20. The Bertz CT molecular complexity index is 602. The Morgan fingerprint density at radius 3 is 2.86 bits per heavy atom. The molecule has 3 rings (SSSR count). The Morgan fingerprint density at radius 2 is 2.14 bits per heavy atom. The minimum atomic E-state index is 0.0732. The number of ether oxygens (including phenoxy) is 1. The van der Waals surface area contributed by atoms with Crippen LogP contribution < -0.4 is 10.1 Å². The van der Waals surface area contributed by atoms with Crippen LogP contribution in [-0.4, -0.2) is 13.2 Å². The maximum Gasteiger partial charge on any atom is 0.125 e. The second kappa shape index (κ2) is 5.57. The van der Waals surface area contributed by atoms with E-state index in [-0.39, 0.29) is 11.5 Å². The number of hydrogen-bond donors (Lipinski definition) is 1. The zero-order chi connectivity index (χ0) is 14.9. The molecular weight excluding hydrogens is 262 g/mol. The van der Waals surface area contributed by atoms with Crippen LogP contribution in [0.15, 0.2) is 41.0 Å². The zero-order valence-electron chi connectivity index (χ0n) is 13.0. The molecule has 1 aliphatic heterocycles. The van der Waals surface area contributed by atoms with E-state index >= 15 is 0 Å². The fourth-order valence-corrected chi connectivity index (χ4v) is 2.84. The van der Waals surface area contributed by atoms with Crippen molar-refractivity contribution < 1.29 is 9.15 Å². The molecule has 2 heterocycles. The van der Waals surface area contributed by atoms with E-state index in [0.29, 0.717) is 0 Å². The summed E-state index contributed by atoms with van der Waals surface area (Å²) < 4.78 is 11.4. The van der Waals surface area contributed by atoms with Gasteiger partial charge in [-0.05, 0) is 42.8 Å². The van der Waals surface area contributed by atoms with Gasteiger partial charge in [0.05, 0.1) is 18.9 Å². The molecule has 1 N–H and O–H groups in total. The Balaban J connectivity index is 1.97. The van der Waals surface area contributed by atoms with Gasteiger partial charge in [-0.15, -0.1) is 0 Å². The smallest absolute Gasteiger partial charge is 0.125 e. The molecule has 0 fully saturated rings. The number of nitrogens with one attached hydrogen (secondary N) is 1. The number of rotatable bonds is 5. The summed E-state index contributed by atoms with van der Waals surface area (Å²) in [7, 11) is 0. The summed E-state index contributed by atoms with van der Waals surface area (Å²) in [4.78, 5) is 0. The van der Waals surface area contributed by atoms with Crippen LogP contribution in [0.4, 0.5) is 0 Å². The van der Waals surface area contributed by atoms with Crippen molar-refractivity contribution in [3.63, 3.8) is 0 Å². The first-order valence-electron chi connectivity index (χ1n) is 7.66. The van der Waals surface area contributed by atoms with E-state index in [1.807, 2.05) is 12.1 Å². The lowest BCUT2D eigenvalue weighted by molar-refractivity contribution is 0.291. The highest BCUT2D eigenvalue weighted by Gasteiger charge is 2.32. The van der Waals surface area contributed by atoms with E-state index in [1.165, 1.54) is 11.1 Å². The predicted octanol–water partition coefficient (Wildman–Crippen LogP) is 4.04. The molecule has 3 heteroatoms. The molecular formula is C18H23NO2. The highest BCUT2D eigenvalue weighted by Crippen LogP contribution is 2.40. The van der Waals surface area contributed by atoms with Crippen LogP contribution in [0.25, 0.3) is 0 Å². The Labute approximate surface area is 126 Å². The van der Waals surface area contributed by atoms with Crippen LogP contribution in [0, 0.1) is 0 Å². The highest BCUT2D eigenvalue weighted by molar-refractivity contribution is 5.46. The van der Waals surface area contributed by atoms with Crippen molar-refractivity contribution in [3.05, 3.63) is 53.5 Å². The lowest BCUT2D eigenvalue weighted by atomic mass is 9.85. The van der Waals surface area contributed by atoms with Gasteiger partial charge < -0.3 is 14.5 Å². The second-order valence-electron chi connectivity index (χ2n) is 6.33. The van der Waals surface area contributed by atoms with Crippen molar-refractivity contribution in [1.82, 2.24) is 5.32 Å². The molecule has 0 saturated carbocycles. The predicted molar refractivity (Wildman–Crippen MR) is 83.8 cm³/mol. The van der Waals surface area contributed by atoms with Crippen LogP contribution >= 0.6 is 0 Å². The van der Waals surface area contributed by atoms with E-state index in [0.717, 1.165) is 31.1 Å². The van der Waals surface area contributed by atoms with Gasteiger partial charge in [0.25, 0.3) is 0 Å². The van der Waals surface area contributed by atoms with Crippen molar-refractivity contribution >= 4 is 0 Å². The molecule has 0 saturated heterocycles. The quantitative estimate of drug-likeness (QED) is 0.900. The van der Waals surface area contributed by atoms with Crippen LogP contribution in [0.5, 0.6) is 5.75 Å². The monoisotopic (exact) mass is 285 g/mol. The molecule has 0 amide bonds. The zero-order valence-corrected chi connectivity index (χ0v) is 13.0. The number of hydrogen-bond acceptors (Lipinski definition) is 3. The van der Waals surface area contributed by atoms with Crippen molar-refractivity contribution in [2.45, 2.75) is 38.6 Å². The molecule has 0 bridgehead atoms. The normalized spacial score (nSPS) is 17.3. The molecule has 0 radical (unpaired) electrons. The van der Waals surface area contributed by atoms with Gasteiger partial charge in [-0.1, -0.05) is 26.8 Å². The summed E-state index contributed by atoms with van der Waals surface area (Å²) >= 11 is 0. The number of benzene rings is 1. The summed E-state index contributed by atoms with van der Waals surface area (Å²) in [6, 6.07) is 10.6. The molecule has 1 aromatic carbocycles. The maximum absolute atomic E-state index is 5.78. The van der Waals surface area contributed by atoms with Crippen molar-refractivity contribution in [2.75, 3.05) is 13.2 Å². The third kappa shape index (κ3) is 2.70. The van der Waals surface area contributed by atoms with Crippen molar-refractivity contribution in [1.29, 1.82) is 0 Å². The third-order valence-electron chi connectivity index (χ3n) is 4.08. The van der Waals surface area contributed by atoms with Crippen LogP contribution in [0.3, 0.4) is 0 Å². The average Bonchev–Trinajstić information content (AvgIpc) is 3.09. The first-order valence-corrected chi connectivity index (χ1v) is 7.66. The molecule has 0 spiro atoms. The van der Waals surface area contributed by atoms with E-state index < -0.39 is 0 Å². The average molecular weight is 285 g/mol. The van der Waals surface area contributed by atoms with Gasteiger partial charge in [-0.25, -0.2) is 0 Å². The largest absolute Gasteiger partial charge is 0.492 e. The molecule has 112 valence electrons. The summed E-state index contributed by atoms with van der Waals surface area (Å²) in [5.41, 5.74) is 2.59. The Kier molecular flexibility index (Phi) is 3.77. The molecule has 21 heavy (non-hydrogen) atoms. The molecule has 1 atom stereocenters. The van der Waals surface area contributed by atoms with Gasteiger partial charge in [0.2, 0.25) is 0 Å². The van der Waals surface area contributed by atoms with Gasteiger partial charge >= 0.3 is 0 Å². The number of furan rings is 1. The minimum absolute atomic E-state index is 0.0732. The topological polar surface area (TPSA) is 34.4 Å². The van der Waals surface area contributed by atoms with Crippen LogP contribution in [0.2, 0.25) is 0 Å². The van der Waals surface area contributed by atoms with Crippen molar-refractivity contribution in [3.8, 4) is 5.75 Å². The minimum Gasteiger partial charge on any atom is -0.492 e. The van der Waals surface area contributed by atoms with E-state index in [4.69, 9.17) is 9.15 Å². The van der Waals surface area contributed by atoms with Crippen LogP contribution in [0.1, 0.15) is 50.1 Å². The summed E-state index contributed by atoms with van der Waals surface area (Å²) in [5, 5.41) is 3.57. The summed E-state index contributed by atoms with van der Waals surface area (Å²) in [6.07, 6.45) is 2.83. The first-order chi connectivity index (χ1) is 10.1. The molecule has 0 aliphatic carbocycles. The van der Waals surface area contributed by atoms with Gasteiger partial charge in [-0.3, -0.25) is 0 Å². The van der Waals surface area contributed by atoms with Gasteiger partial charge in [0, 0.05) is 11.0 Å². The fraction of sp³-hybridized carbons (Fsp3) is 0.444. The summed E-state index contributed by atoms with van der Waals surface area (Å²) in [6.45, 7) is 8.34. The molecule has 1 aliphatic rings. The van der Waals surface area contributed by atoms with Gasteiger partial charge in [-0.2, -0.15) is 0 Å². The lowest BCUT2D eigenvalue weighted by Crippen LogP contribution is -2.23.